The first-order valence-electron chi connectivity index (χ1n) is 5.76. The second-order valence-corrected chi connectivity index (χ2v) is 3.70. The van der Waals surface area contributed by atoms with Gasteiger partial charge in [0.25, 0.3) is 0 Å². The molecule has 1 atom stereocenters. The number of methoxy groups -OCH3 is 2. The maximum atomic E-state index is 11.4. The van der Waals surface area contributed by atoms with Crippen LogP contribution in [0.15, 0.2) is 18.2 Å². The quantitative estimate of drug-likeness (QED) is 0.781. The van der Waals surface area contributed by atoms with Crippen LogP contribution in [0.25, 0.3) is 0 Å². The third-order valence-corrected chi connectivity index (χ3v) is 2.52. The second kappa shape index (κ2) is 6.86. The van der Waals surface area contributed by atoms with Gasteiger partial charge in [-0.1, -0.05) is 12.1 Å². The Balaban J connectivity index is 2.91. The van der Waals surface area contributed by atoms with Gasteiger partial charge in [-0.25, -0.2) is 0 Å². The van der Waals surface area contributed by atoms with Crippen LogP contribution in [0.2, 0.25) is 0 Å². The van der Waals surface area contributed by atoms with E-state index in [1.165, 1.54) is 0 Å². The van der Waals surface area contributed by atoms with Crippen molar-refractivity contribution in [3.05, 3.63) is 23.8 Å². The molecule has 100 valence electrons. The van der Waals surface area contributed by atoms with Crippen LogP contribution in [0, 0.1) is 0 Å². The SMILES string of the molecule is CCOC(=O)C[C@@H](N)c1cccc(OC)c1OC. The Kier molecular flexibility index (Phi) is 5.45. The summed E-state index contributed by atoms with van der Waals surface area (Å²) in [7, 11) is 3.09. The normalized spacial score (nSPS) is 11.8. The molecular formula is C13H19NO4. The lowest BCUT2D eigenvalue weighted by molar-refractivity contribution is -0.143. The van der Waals surface area contributed by atoms with Gasteiger partial charge in [0.15, 0.2) is 11.5 Å². The van der Waals surface area contributed by atoms with Crippen LogP contribution >= 0.6 is 0 Å². The van der Waals surface area contributed by atoms with E-state index in [0.717, 1.165) is 5.56 Å². The summed E-state index contributed by atoms with van der Waals surface area (Å²) in [6.07, 6.45) is 0.108. The van der Waals surface area contributed by atoms with Crippen LogP contribution in [0.3, 0.4) is 0 Å². The molecule has 1 aromatic rings. The predicted molar refractivity (Wildman–Crippen MR) is 67.7 cm³/mol. The second-order valence-electron chi connectivity index (χ2n) is 3.70. The number of ether oxygens (including phenoxy) is 3. The van der Waals surface area contributed by atoms with Crippen LogP contribution < -0.4 is 15.2 Å². The minimum Gasteiger partial charge on any atom is -0.493 e. The third kappa shape index (κ3) is 3.37. The van der Waals surface area contributed by atoms with Crippen molar-refractivity contribution in [1.82, 2.24) is 0 Å². The van der Waals surface area contributed by atoms with Gasteiger partial charge in [-0.05, 0) is 13.0 Å². The number of carbonyl (C=O) groups excluding carboxylic acids is 1. The molecule has 0 aliphatic carbocycles. The van der Waals surface area contributed by atoms with Crippen molar-refractivity contribution < 1.29 is 19.0 Å². The maximum absolute atomic E-state index is 11.4. The molecule has 5 nitrogen and oxygen atoms in total. The zero-order valence-electron chi connectivity index (χ0n) is 10.9. The van der Waals surface area contributed by atoms with Crippen molar-refractivity contribution in [2.24, 2.45) is 5.73 Å². The topological polar surface area (TPSA) is 70.8 Å². The molecule has 0 heterocycles. The van der Waals surface area contributed by atoms with Crippen LogP contribution in [0.1, 0.15) is 24.9 Å². The Morgan fingerprint density at radius 3 is 2.61 bits per heavy atom. The number of hydrogen-bond acceptors (Lipinski definition) is 5. The molecule has 0 aliphatic heterocycles. The van der Waals surface area contributed by atoms with E-state index in [4.69, 9.17) is 19.9 Å². The van der Waals surface area contributed by atoms with Crippen LogP contribution in [0.4, 0.5) is 0 Å². The van der Waals surface area contributed by atoms with E-state index < -0.39 is 6.04 Å². The zero-order chi connectivity index (χ0) is 13.5. The van der Waals surface area contributed by atoms with Gasteiger partial charge in [-0.2, -0.15) is 0 Å². The lowest BCUT2D eigenvalue weighted by Gasteiger charge is -2.17. The molecular weight excluding hydrogens is 234 g/mol. The molecule has 18 heavy (non-hydrogen) atoms. The van der Waals surface area contributed by atoms with Crippen molar-refractivity contribution >= 4 is 5.97 Å². The zero-order valence-corrected chi connectivity index (χ0v) is 10.9. The highest BCUT2D eigenvalue weighted by Gasteiger charge is 2.18. The average Bonchev–Trinajstić information content (AvgIpc) is 2.37. The Labute approximate surface area is 107 Å². The van der Waals surface area contributed by atoms with E-state index >= 15 is 0 Å². The number of esters is 1. The van der Waals surface area contributed by atoms with Crippen LogP contribution in [-0.2, 0) is 9.53 Å². The largest absolute Gasteiger partial charge is 0.493 e. The minimum absolute atomic E-state index is 0.108. The molecule has 2 N–H and O–H groups in total. The Morgan fingerprint density at radius 2 is 2.06 bits per heavy atom. The van der Waals surface area contributed by atoms with E-state index in [1.807, 2.05) is 12.1 Å². The summed E-state index contributed by atoms with van der Waals surface area (Å²) >= 11 is 0. The highest BCUT2D eigenvalue weighted by Crippen LogP contribution is 2.34. The Hall–Kier alpha value is -1.75. The molecule has 0 unspecified atom stereocenters. The van der Waals surface area contributed by atoms with E-state index in [0.29, 0.717) is 18.1 Å². The monoisotopic (exact) mass is 253 g/mol. The van der Waals surface area contributed by atoms with Gasteiger partial charge in [-0.3, -0.25) is 4.79 Å². The summed E-state index contributed by atoms with van der Waals surface area (Å²) in [6.45, 7) is 2.11. The molecule has 1 rings (SSSR count). The summed E-state index contributed by atoms with van der Waals surface area (Å²) in [5, 5.41) is 0. The first-order valence-corrected chi connectivity index (χ1v) is 5.76. The maximum Gasteiger partial charge on any atom is 0.307 e. The minimum atomic E-state index is -0.478. The molecule has 0 radical (unpaired) electrons. The molecule has 5 heteroatoms. The number of benzene rings is 1. The van der Waals surface area contributed by atoms with E-state index in [1.54, 1.807) is 27.2 Å². The molecule has 0 fully saturated rings. The van der Waals surface area contributed by atoms with Crippen molar-refractivity contribution in [2.75, 3.05) is 20.8 Å². The number of carbonyl (C=O) groups is 1. The van der Waals surface area contributed by atoms with Crippen LogP contribution in [0.5, 0.6) is 11.5 Å². The lowest BCUT2D eigenvalue weighted by atomic mass is 10.0. The molecule has 0 saturated carbocycles. The van der Waals surface area contributed by atoms with Crippen LogP contribution in [-0.4, -0.2) is 26.8 Å². The van der Waals surface area contributed by atoms with Crippen molar-refractivity contribution in [3.8, 4) is 11.5 Å². The third-order valence-electron chi connectivity index (χ3n) is 2.52. The summed E-state index contributed by atoms with van der Waals surface area (Å²) in [5.74, 6) is 0.820. The first-order chi connectivity index (χ1) is 8.63. The highest BCUT2D eigenvalue weighted by molar-refractivity contribution is 5.70. The number of hydrogen-bond donors (Lipinski definition) is 1. The smallest absolute Gasteiger partial charge is 0.307 e. The van der Waals surface area contributed by atoms with Gasteiger partial charge < -0.3 is 19.9 Å². The van der Waals surface area contributed by atoms with E-state index in [2.05, 4.69) is 0 Å². The van der Waals surface area contributed by atoms with Gasteiger partial charge >= 0.3 is 5.97 Å². The number of para-hydroxylation sites is 1. The predicted octanol–water partition coefficient (Wildman–Crippen LogP) is 1.66. The summed E-state index contributed by atoms with van der Waals surface area (Å²) in [6, 6.07) is 4.92. The Morgan fingerprint density at radius 1 is 1.33 bits per heavy atom. The fourth-order valence-corrected chi connectivity index (χ4v) is 1.71. The van der Waals surface area contributed by atoms with Crippen molar-refractivity contribution in [2.45, 2.75) is 19.4 Å². The Bertz CT molecular complexity index is 406. The fourth-order valence-electron chi connectivity index (χ4n) is 1.71. The first kappa shape index (κ1) is 14.3. The molecule has 0 bridgehead atoms. The number of nitrogens with two attached hydrogens (primary N) is 1. The molecule has 0 aliphatic rings. The average molecular weight is 253 g/mol. The molecule has 0 aromatic heterocycles. The highest BCUT2D eigenvalue weighted by atomic mass is 16.5. The molecule has 0 spiro atoms. The van der Waals surface area contributed by atoms with E-state index in [-0.39, 0.29) is 12.4 Å². The van der Waals surface area contributed by atoms with Gasteiger partial charge in [0.2, 0.25) is 0 Å². The van der Waals surface area contributed by atoms with Crippen molar-refractivity contribution in [3.63, 3.8) is 0 Å². The fraction of sp³-hybridized carbons (Fsp3) is 0.462. The van der Waals surface area contributed by atoms with Crippen molar-refractivity contribution in [1.29, 1.82) is 0 Å². The summed E-state index contributed by atoms with van der Waals surface area (Å²) < 4.78 is 15.3. The lowest BCUT2D eigenvalue weighted by Crippen LogP contribution is -2.18. The number of rotatable bonds is 6. The van der Waals surface area contributed by atoms with Gasteiger partial charge in [-0.15, -0.1) is 0 Å². The summed E-state index contributed by atoms with van der Waals surface area (Å²) in [4.78, 5) is 11.4. The van der Waals surface area contributed by atoms with Gasteiger partial charge in [0, 0.05) is 11.6 Å². The van der Waals surface area contributed by atoms with Gasteiger partial charge in [0.05, 0.1) is 27.2 Å². The van der Waals surface area contributed by atoms with Gasteiger partial charge in [0.1, 0.15) is 0 Å². The summed E-state index contributed by atoms with van der Waals surface area (Å²) in [5.41, 5.74) is 6.72. The molecule has 1 aromatic carbocycles. The van der Waals surface area contributed by atoms with E-state index in [9.17, 15) is 4.79 Å². The standard InChI is InChI=1S/C13H19NO4/c1-4-18-12(15)8-10(14)9-6-5-7-11(16-2)13(9)17-3/h5-7,10H,4,8,14H2,1-3H3/t10-/m1/s1. The molecule has 0 saturated heterocycles. The molecule has 0 amide bonds.